The van der Waals surface area contributed by atoms with Crippen LogP contribution in [-0.2, 0) is 0 Å². The van der Waals surface area contributed by atoms with Crippen LogP contribution in [0.4, 0.5) is 18.9 Å². The maximum absolute atomic E-state index is 13.5. The molecule has 1 atom stereocenters. The molecule has 2 aromatic rings. The number of rotatable bonds is 5. The first-order valence-corrected chi connectivity index (χ1v) is 9.97. The molecule has 3 N–H and O–H groups in total. The summed E-state index contributed by atoms with van der Waals surface area (Å²) in [6.07, 6.45) is 0.825. The number of nitrogens with zero attached hydrogens (tertiary/aromatic N) is 1. The number of quaternary nitrogens is 1. The molecule has 3 nitrogen and oxygen atoms in total. The van der Waals surface area contributed by atoms with Gasteiger partial charge in [0, 0.05) is 22.2 Å². The van der Waals surface area contributed by atoms with Gasteiger partial charge in [-0.3, -0.25) is 10.7 Å². The highest BCUT2D eigenvalue weighted by Gasteiger charge is 2.39. The van der Waals surface area contributed by atoms with Crippen molar-refractivity contribution in [2.75, 3.05) is 6.26 Å². The van der Waals surface area contributed by atoms with E-state index >= 15 is 0 Å². The minimum atomic E-state index is -4.48. The van der Waals surface area contributed by atoms with Gasteiger partial charge >= 0.3 is 6.18 Å². The van der Waals surface area contributed by atoms with E-state index < -0.39 is 12.1 Å². The summed E-state index contributed by atoms with van der Waals surface area (Å²) in [4.78, 5) is 3.90. The van der Waals surface area contributed by atoms with Crippen LogP contribution in [0.1, 0.15) is 17.0 Å². The Kier molecular flexibility index (Phi) is 8.12. The number of aliphatic imine (C=N–C) groups is 1. The summed E-state index contributed by atoms with van der Waals surface area (Å²) in [6, 6.07) is 10.9. The van der Waals surface area contributed by atoms with Crippen LogP contribution in [-0.4, -0.2) is 23.9 Å². The summed E-state index contributed by atoms with van der Waals surface area (Å²) in [6.45, 7) is 0. The monoisotopic (exact) mass is 446 g/mol. The molecule has 0 aliphatic carbocycles. The molecule has 28 heavy (non-hydrogen) atoms. The van der Waals surface area contributed by atoms with Crippen LogP contribution in [0.5, 0.6) is 0 Å². The van der Waals surface area contributed by atoms with Gasteiger partial charge in [-0.15, -0.1) is 0 Å². The van der Waals surface area contributed by atoms with E-state index in [2.05, 4.69) is 4.99 Å². The lowest BCUT2D eigenvalue weighted by atomic mass is 9.97. The first-order chi connectivity index (χ1) is 13.2. The van der Waals surface area contributed by atoms with Gasteiger partial charge in [-0.05, 0) is 59.5 Å². The summed E-state index contributed by atoms with van der Waals surface area (Å²) in [5.41, 5.74) is 1.44. The number of hydrogen-bond acceptors (Lipinski definition) is 2. The van der Waals surface area contributed by atoms with Crippen molar-refractivity contribution in [3.63, 3.8) is 0 Å². The molecule has 1 unspecified atom stereocenters. The van der Waals surface area contributed by atoms with Crippen LogP contribution in [0.25, 0.3) is 6.08 Å². The number of amidine groups is 1. The highest BCUT2D eigenvalue weighted by atomic mass is 35.5. The van der Waals surface area contributed by atoms with Gasteiger partial charge in [-0.25, -0.2) is 0 Å². The molecular formula is C19H17Cl2F3N3S+. The van der Waals surface area contributed by atoms with Crippen molar-refractivity contribution < 1.29 is 18.5 Å². The van der Waals surface area contributed by atoms with Crippen molar-refractivity contribution in [2.24, 2.45) is 4.99 Å². The van der Waals surface area contributed by atoms with E-state index in [-0.39, 0.29) is 15.6 Å². The Morgan fingerprint density at radius 2 is 1.75 bits per heavy atom. The molecule has 0 aliphatic rings. The van der Waals surface area contributed by atoms with Crippen LogP contribution in [0.2, 0.25) is 10.0 Å². The summed E-state index contributed by atoms with van der Waals surface area (Å²) in [5.74, 6) is -1.82. The predicted octanol–water partition coefficient (Wildman–Crippen LogP) is 5.87. The minimum absolute atomic E-state index is 0.0151. The number of nitrogens with two attached hydrogens (primary N) is 1. The number of benzene rings is 2. The van der Waals surface area contributed by atoms with Crippen molar-refractivity contribution in [2.45, 2.75) is 12.1 Å². The molecular weight excluding hydrogens is 430 g/mol. The third-order valence-electron chi connectivity index (χ3n) is 3.71. The molecule has 9 heteroatoms. The topological polar surface area (TPSA) is 52.8 Å². The van der Waals surface area contributed by atoms with Crippen molar-refractivity contribution in [3.8, 4) is 0 Å². The van der Waals surface area contributed by atoms with E-state index in [1.165, 1.54) is 36.0 Å². The Balaban J connectivity index is 2.23. The zero-order valence-electron chi connectivity index (χ0n) is 14.7. The average molecular weight is 447 g/mol. The van der Waals surface area contributed by atoms with Gasteiger partial charge in [0.15, 0.2) is 0 Å². The Morgan fingerprint density at radius 1 is 1.14 bits per heavy atom. The highest BCUT2D eigenvalue weighted by molar-refractivity contribution is 8.12. The average Bonchev–Trinajstić information content (AvgIpc) is 2.61. The fourth-order valence-electron chi connectivity index (χ4n) is 2.43. The van der Waals surface area contributed by atoms with Crippen LogP contribution < -0.4 is 5.32 Å². The lowest BCUT2D eigenvalue weighted by Crippen LogP contribution is -2.81. The Morgan fingerprint density at radius 3 is 2.25 bits per heavy atom. The number of hydrogen-bond donors (Lipinski definition) is 2. The first-order valence-electron chi connectivity index (χ1n) is 7.99. The third kappa shape index (κ3) is 6.67. The van der Waals surface area contributed by atoms with Gasteiger partial charge in [-0.1, -0.05) is 35.4 Å². The molecule has 0 bridgehead atoms. The zero-order chi connectivity index (χ0) is 20.7. The largest absolute Gasteiger partial charge is 0.399 e. The molecule has 0 saturated heterocycles. The number of alkyl halides is 3. The first kappa shape index (κ1) is 22.5. The minimum Gasteiger partial charge on any atom is -0.289 e. The standard InChI is InChI=1S/C19H16Cl2F3N3S/c1-28-18(26-11-25)27-16-5-2-12(3-6-16)4-7-17(19(22,23)24)13-8-14(20)10-15(21)9-13/h2-11,17H,1H3,(H2,25,26,27)/p+1/b7-4+. The lowest BCUT2D eigenvalue weighted by molar-refractivity contribution is -0.437. The van der Waals surface area contributed by atoms with Gasteiger partial charge in [0.25, 0.3) is 5.17 Å². The van der Waals surface area contributed by atoms with Crippen LogP contribution in [0.3, 0.4) is 0 Å². The van der Waals surface area contributed by atoms with Crippen LogP contribution >= 0.6 is 35.0 Å². The third-order valence-corrected chi connectivity index (χ3v) is 4.78. The van der Waals surface area contributed by atoms with E-state index in [1.54, 1.807) is 29.6 Å². The highest BCUT2D eigenvalue weighted by Crippen LogP contribution is 2.38. The molecule has 0 radical (unpaired) electrons. The second kappa shape index (κ2) is 10.1. The van der Waals surface area contributed by atoms with E-state index in [1.807, 2.05) is 6.26 Å². The van der Waals surface area contributed by atoms with Crippen LogP contribution in [0.15, 0.2) is 53.5 Å². The predicted molar refractivity (Wildman–Crippen MR) is 112 cm³/mol. The van der Waals surface area contributed by atoms with Crippen molar-refractivity contribution in [1.29, 1.82) is 5.41 Å². The van der Waals surface area contributed by atoms with Crippen LogP contribution in [0, 0.1) is 5.41 Å². The molecule has 2 aromatic carbocycles. The second-order valence-corrected chi connectivity index (χ2v) is 7.39. The number of allylic oxidation sites excluding steroid dienone is 1. The van der Waals surface area contributed by atoms with E-state index in [9.17, 15) is 13.2 Å². The van der Waals surface area contributed by atoms with Crippen molar-refractivity contribution in [1.82, 2.24) is 0 Å². The molecule has 0 aromatic heterocycles. The summed E-state index contributed by atoms with van der Waals surface area (Å²) in [7, 11) is 0. The fraction of sp³-hybridized carbons (Fsp3) is 0.158. The Bertz CT molecular complexity index is 861. The molecule has 148 valence electrons. The Labute approximate surface area is 175 Å². The van der Waals surface area contributed by atoms with Gasteiger partial charge in [-0.2, -0.15) is 18.2 Å². The second-order valence-electron chi connectivity index (χ2n) is 5.69. The molecule has 0 aliphatic heterocycles. The maximum atomic E-state index is 13.5. The molecule has 0 heterocycles. The number of halogens is 5. The molecule has 0 fully saturated rings. The molecule has 0 amide bonds. The van der Waals surface area contributed by atoms with Crippen molar-refractivity contribution >= 4 is 58.2 Å². The quantitative estimate of drug-likeness (QED) is 0.336. The van der Waals surface area contributed by atoms with Gasteiger partial charge in [0.1, 0.15) is 12.0 Å². The SMILES string of the molecule is CSC(=NC=N)[NH2+]c1ccc(/C=C/C(c2cc(Cl)cc(Cl)c2)C(F)(F)F)cc1. The number of thioether (sulfide) groups is 1. The summed E-state index contributed by atoms with van der Waals surface area (Å²) in [5, 5.41) is 9.77. The normalized spacial score (nSPS) is 13.7. The maximum Gasteiger partial charge on any atom is 0.399 e. The zero-order valence-corrected chi connectivity index (χ0v) is 17.0. The van der Waals surface area contributed by atoms with E-state index in [0.29, 0.717) is 10.7 Å². The van der Waals surface area contributed by atoms with Crippen molar-refractivity contribution in [3.05, 3.63) is 69.7 Å². The summed E-state index contributed by atoms with van der Waals surface area (Å²) >= 11 is 13.1. The fourth-order valence-corrected chi connectivity index (χ4v) is 3.38. The summed E-state index contributed by atoms with van der Waals surface area (Å²) < 4.78 is 40.5. The Hall–Kier alpha value is -1.80. The molecule has 0 spiro atoms. The van der Waals surface area contributed by atoms with Gasteiger partial charge < -0.3 is 0 Å². The van der Waals surface area contributed by atoms with Gasteiger partial charge in [0.2, 0.25) is 0 Å². The number of nitrogens with one attached hydrogen (secondary N) is 1. The lowest BCUT2D eigenvalue weighted by Gasteiger charge is -2.18. The van der Waals surface area contributed by atoms with Gasteiger partial charge in [0.05, 0.1) is 5.92 Å². The van der Waals surface area contributed by atoms with E-state index in [0.717, 1.165) is 18.1 Å². The molecule has 2 rings (SSSR count). The smallest absolute Gasteiger partial charge is 0.289 e. The molecule has 0 saturated carbocycles. The van der Waals surface area contributed by atoms with E-state index in [4.69, 9.17) is 28.6 Å².